The van der Waals surface area contributed by atoms with E-state index in [0.717, 1.165) is 23.9 Å². The third-order valence-corrected chi connectivity index (χ3v) is 3.72. The maximum atomic E-state index is 13.7. The second-order valence-corrected chi connectivity index (χ2v) is 5.52. The van der Waals surface area contributed by atoms with Gasteiger partial charge in [0.15, 0.2) is 0 Å². The molecule has 0 atom stereocenters. The van der Waals surface area contributed by atoms with Crippen LogP contribution in [-0.4, -0.2) is 35.5 Å². The Morgan fingerprint density at radius 2 is 2.04 bits per heavy atom. The third-order valence-electron chi connectivity index (χ3n) is 3.72. The number of benzene rings is 1. The van der Waals surface area contributed by atoms with Crippen molar-refractivity contribution in [3.05, 3.63) is 69.4 Å². The molecule has 7 nitrogen and oxygen atoms in total. The highest BCUT2D eigenvalue weighted by Crippen LogP contribution is 2.09. The Morgan fingerprint density at radius 1 is 1.35 bits per heavy atom. The zero-order valence-corrected chi connectivity index (χ0v) is 14.2. The van der Waals surface area contributed by atoms with E-state index in [4.69, 9.17) is 5.26 Å². The zero-order chi connectivity index (χ0) is 19.3. The summed E-state index contributed by atoms with van der Waals surface area (Å²) in [7, 11) is 2.63. The van der Waals surface area contributed by atoms with Crippen molar-refractivity contribution in [2.45, 2.75) is 13.1 Å². The summed E-state index contributed by atoms with van der Waals surface area (Å²) in [6, 6.07) is 8.84. The van der Waals surface area contributed by atoms with Gasteiger partial charge in [0.1, 0.15) is 24.0 Å². The molecule has 0 aliphatic carbocycles. The van der Waals surface area contributed by atoms with Gasteiger partial charge in [-0.05, 0) is 12.1 Å². The van der Waals surface area contributed by atoms with E-state index >= 15 is 0 Å². The van der Waals surface area contributed by atoms with E-state index in [1.54, 1.807) is 24.3 Å². The number of rotatable bonds is 5. The van der Waals surface area contributed by atoms with Gasteiger partial charge in [0, 0.05) is 25.4 Å². The number of nitrogens with zero attached hydrogens (tertiary/aromatic N) is 3. The molecular formula is C18H16FN3O4. The Morgan fingerprint density at radius 3 is 2.65 bits per heavy atom. The van der Waals surface area contributed by atoms with Gasteiger partial charge in [0.05, 0.1) is 12.7 Å². The standard InChI is InChI=1S/C18H16FN3O4/c1-21(9-12-5-3-4-6-15(12)19)16(23)11-22-10-14(18(25)26-2)7-13(8-20)17(22)24/h3-7,10H,9,11H2,1-2H3. The topological polar surface area (TPSA) is 92.4 Å². The van der Waals surface area contributed by atoms with E-state index in [-0.39, 0.29) is 17.7 Å². The molecule has 1 amide bonds. The minimum Gasteiger partial charge on any atom is -0.465 e. The average Bonchev–Trinajstić information content (AvgIpc) is 2.64. The number of carbonyl (C=O) groups is 2. The first-order chi connectivity index (χ1) is 12.4. The van der Waals surface area contributed by atoms with Crippen molar-refractivity contribution >= 4 is 11.9 Å². The highest BCUT2D eigenvalue weighted by atomic mass is 19.1. The summed E-state index contributed by atoms with van der Waals surface area (Å²) in [5, 5.41) is 9.04. The van der Waals surface area contributed by atoms with Crippen LogP contribution in [0.25, 0.3) is 0 Å². The molecular weight excluding hydrogens is 341 g/mol. The number of ether oxygens (including phenoxy) is 1. The molecule has 1 heterocycles. The van der Waals surface area contributed by atoms with E-state index < -0.39 is 29.8 Å². The van der Waals surface area contributed by atoms with E-state index in [1.165, 1.54) is 18.0 Å². The molecule has 0 spiro atoms. The first kappa shape index (κ1) is 18.9. The molecule has 2 aromatic rings. The van der Waals surface area contributed by atoms with Gasteiger partial charge < -0.3 is 14.2 Å². The molecule has 0 fully saturated rings. The van der Waals surface area contributed by atoms with Crippen LogP contribution in [0.1, 0.15) is 21.5 Å². The van der Waals surface area contributed by atoms with Gasteiger partial charge in [0.2, 0.25) is 5.91 Å². The minimum atomic E-state index is -0.734. The van der Waals surface area contributed by atoms with Gasteiger partial charge in [-0.2, -0.15) is 5.26 Å². The molecule has 0 unspecified atom stereocenters. The molecule has 0 bridgehead atoms. The smallest absolute Gasteiger partial charge is 0.339 e. The lowest BCUT2D eigenvalue weighted by Gasteiger charge is -2.18. The molecule has 0 radical (unpaired) electrons. The van der Waals surface area contributed by atoms with Crippen LogP contribution in [0, 0.1) is 17.1 Å². The fourth-order valence-electron chi connectivity index (χ4n) is 2.30. The quantitative estimate of drug-likeness (QED) is 0.752. The van der Waals surface area contributed by atoms with Crippen LogP contribution in [0.4, 0.5) is 4.39 Å². The number of halogens is 1. The maximum absolute atomic E-state index is 13.7. The molecule has 26 heavy (non-hydrogen) atoms. The van der Waals surface area contributed by atoms with E-state index in [9.17, 15) is 18.8 Å². The number of amides is 1. The number of hydrogen-bond donors (Lipinski definition) is 0. The summed E-state index contributed by atoms with van der Waals surface area (Å²) in [5.74, 6) is -1.66. The van der Waals surface area contributed by atoms with Gasteiger partial charge >= 0.3 is 5.97 Å². The molecule has 134 valence electrons. The van der Waals surface area contributed by atoms with Crippen LogP contribution in [0.3, 0.4) is 0 Å². The van der Waals surface area contributed by atoms with Crippen molar-refractivity contribution in [1.29, 1.82) is 5.26 Å². The SMILES string of the molecule is COC(=O)c1cc(C#N)c(=O)n(CC(=O)N(C)Cc2ccccc2F)c1. The zero-order valence-electron chi connectivity index (χ0n) is 14.2. The van der Waals surface area contributed by atoms with Crippen LogP contribution in [0.5, 0.6) is 0 Å². The summed E-state index contributed by atoms with van der Waals surface area (Å²) in [5.41, 5.74) is -0.671. The van der Waals surface area contributed by atoms with Gasteiger partial charge in [-0.1, -0.05) is 18.2 Å². The molecule has 0 saturated heterocycles. The lowest BCUT2D eigenvalue weighted by molar-refractivity contribution is -0.131. The molecule has 0 saturated carbocycles. The average molecular weight is 357 g/mol. The molecule has 0 N–H and O–H groups in total. The van der Waals surface area contributed by atoms with E-state index in [0.29, 0.717) is 5.56 Å². The monoisotopic (exact) mass is 357 g/mol. The van der Waals surface area contributed by atoms with Crippen molar-refractivity contribution in [3.8, 4) is 6.07 Å². The van der Waals surface area contributed by atoms with Crippen LogP contribution < -0.4 is 5.56 Å². The summed E-state index contributed by atoms with van der Waals surface area (Å²) >= 11 is 0. The summed E-state index contributed by atoms with van der Waals surface area (Å²) in [6.45, 7) is -0.384. The van der Waals surface area contributed by atoms with Crippen molar-refractivity contribution in [2.24, 2.45) is 0 Å². The fourth-order valence-corrected chi connectivity index (χ4v) is 2.30. The minimum absolute atomic E-state index is 0.0159. The van der Waals surface area contributed by atoms with Gasteiger partial charge in [0.25, 0.3) is 5.56 Å². The number of methoxy groups -OCH3 is 1. The molecule has 0 aliphatic heterocycles. The normalized spacial score (nSPS) is 10.1. The number of nitriles is 1. The number of aromatic nitrogens is 1. The van der Waals surface area contributed by atoms with Crippen LogP contribution in [0.2, 0.25) is 0 Å². The third kappa shape index (κ3) is 4.13. The Hall–Kier alpha value is -3.47. The van der Waals surface area contributed by atoms with Crippen LogP contribution in [0.15, 0.2) is 41.3 Å². The van der Waals surface area contributed by atoms with Crippen molar-refractivity contribution in [2.75, 3.05) is 14.2 Å². The van der Waals surface area contributed by atoms with Crippen LogP contribution in [-0.2, 0) is 22.6 Å². The molecule has 2 rings (SSSR count). The van der Waals surface area contributed by atoms with Crippen LogP contribution >= 0.6 is 0 Å². The Balaban J connectivity index is 2.25. The molecule has 1 aromatic carbocycles. The van der Waals surface area contributed by atoms with Crippen molar-refractivity contribution in [1.82, 2.24) is 9.47 Å². The van der Waals surface area contributed by atoms with Gasteiger partial charge in [-0.15, -0.1) is 0 Å². The number of pyridine rings is 1. The number of hydrogen-bond acceptors (Lipinski definition) is 5. The Kier molecular flexibility index (Phi) is 5.86. The van der Waals surface area contributed by atoms with Crippen molar-refractivity contribution < 1.29 is 18.7 Å². The predicted octanol–water partition coefficient (Wildman–Crippen LogP) is 1.30. The Labute approximate surface area is 148 Å². The van der Waals surface area contributed by atoms with Gasteiger partial charge in [-0.25, -0.2) is 9.18 Å². The van der Waals surface area contributed by atoms with Gasteiger partial charge in [-0.3, -0.25) is 9.59 Å². The van der Waals surface area contributed by atoms with Crippen molar-refractivity contribution in [3.63, 3.8) is 0 Å². The highest BCUT2D eigenvalue weighted by Gasteiger charge is 2.17. The predicted molar refractivity (Wildman–Crippen MR) is 89.6 cm³/mol. The molecule has 1 aromatic heterocycles. The second kappa shape index (κ2) is 8.07. The lowest BCUT2D eigenvalue weighted by Crippen LogP contribution is -2.34. The largest absolute Gasteiger partial charge is 0.465 e. The summed E-state index contributed by atoms with van der Waals surface area (Å²) in [6.07, 6.45) is 1.16. The summed E-state index contributed by atoms with van der Waals surface area (Å²) < 4.78 is 19.2. The highest BCUT2D eigenvalue weighted by molar-refractivity contribution is 5.89. The summed E-state index contributed by atoms with van der Waals surface area (Å²) in [4.78, 5) is 37.5. The number of likely N-dealkylation sites (N-methyl/N-ethyl adjacent to an activating group) is 1. The molecule has 0 aliphatic rings. The Bertz CT molecular complexity index is 946. The van der Waals surface area contributed by atoms with E-state index in [2.05, 4.69) is 4.74 Å². The van der Waals surface area contributed by atoms with E-state index in [1.807, 2.05) is 0 Å². The number of carbonyl (C=O) groups excluding carboxylic acids is 2. The lowest BCUT2D eigenvalue weighted by atomic mass is 10.2. The fraction of sp³-hybridized carbons (Fsp3) is 0.222. The first-order valence-corrected chi connectivity index (χ1v) is 7.57. The second-order valence-electron chi connectivity index (χ2n) is 5.52. The number of esters is 1. The molecule has 8 heteroatoms. The maximum Gasteiger partial charge on any atom is 0.339 e. The first-order valence-electron chi connectivity index (χ1n) is 7.57.